The molecule has 0 aromatic heterocycles. The molecule has 0 bridgehead atoms. The second-order valence-electron chi connectivity index (χ2n) is 3.10. The molecule has 0 aromatic carbocycles. The van der Waals surface area contributed by atoms with E-state index >= 15 is 0 Å². The largest absolute Gasteiger partial charge is 0.481 e. The van der Waals surface area contributed by atoms with Gasteiger partial charge in [0.15, 0.2) is 0 Å². The molecular weight excluding hydrogens is 158 g/mol. The van der Waals surface area contributed by atoms with Crippen LogP contribution >= 0.6 is 0 Å². The summed E-state index contributed by atoms with van der Waals surface area (Å²) >= 11 is 0. The Kier molecular flexibility index (Phi) is 5.08. The lowest BCUT2D eigenvalue weighted by Gasteiger charge is -2.05. The van der Waals surface area contributed by atoms with Gasteiger partial charge in [-0.2, -0.15) is 0 Å². The monoisotopic (exact) mass is 173 g/mol. The van der Waals surface area contributed by atoms with E-state index in [4.69, 9.17) is 5.11 Å². The van der Waals surface area contributed by atoms with E-state index in [0.717, 1.165) is 6.42 Å². The number of carbonyl (C=O) groups excluding carboxylic acids is 1. The molecule has 0 spiro atoms. The molecule has 0 saturated heterocycles. The summed E-state index contributed by atoms with van der Waals surface area (Å²) in [5, 5.41) is 10.8. The topological polar surface area (TPSA) is 66.4 Å². The average Bonchev–Trinajstić information content (AvgIpc) is 1.84. The zero-order valence-electron chi connectivity index (χ0n) is 7.46. The van der Waals surface area contributed by atoms with E-state index in [0.29, 0.717) is 12.5 Å². The molecular formula is C8H15NO3. The van der Waals surface area contributed by atoms with Gasteiger partial charge >= 0.3 is 5.97 Å². The third-order valence-corrected chi connectivity index (χ3v) is 1.36. The molecule has 0 atom stereocenters. The first-order chi connectivity index (χ1) is 5.52. The Labute approximate surface area is 72.0 Å². The summed E-state index contributed by atoms with van der Waals surface area (Å²) < 4.78 is 0. The standard InChI is InChI=1S/C8H15NO3/c1-6(2)3-4-9-7(10)5-8(11)12/h6H,3-5H2,1-2H3,(H,9,10)(H,11,12). The zero-order chi connectivity index (χ0) is 9.56. The number of nitrogens with one attached hydrogen (secondary N) is 1. The molecule has 0 saturated carbocycles. The first kappa shape index (κ1) is 10.9. The second-order valence-corrected chi connectivity index (χ2v) is 3.10. The maximum atomic E-state index is 10.7. The second kappa shape index (κ2) is 5.57. The summed E-state index contributed by atoms with van der Waals surface area (Å²) in [6, 6.07) is 0. The smallest absolute Gasteiger partial charge is 0.312 e. The summed E-state index contributed by atoms with van der Waals surface area (Å²) in [7, 11) is 0. The highest BCUT2D eigenvalue weighted by molar-refractivity contribution is 5.93. The first-order valence-electron chi connectivity index (χ1n) is 4.01. The summed E-state index contributed by atoms with van der Waals surface area (Å²) in [6.45, 7) is 4.65. The van der Waals surface area contributed by atoms with Crippen molar-refractivity contribution in [3.8, 4) is 0 Å². The highest BCUT2D eigenvalue weighted by atomic mass is 16.4. The van der Waals surface area contributed by atoms with E-state index in [1.807, 2.05) is 13.8 Å². The Morgan fingerprint density at radius 3 is 2.42 bits per heavy atom. The normalized spacial score (nSPS) is 9.92. The number of hydrogen-bond acceptors (Lipinski definition) is 2. The van der Waals surface area contributed by atoms with Crippen LogP contribution in [0.5, 0.6) is 0 Å². The van der Waals surface area contributed by atoms with Crippen molar-refractivity contribution < 1.29 is 14.7 Å². The molecule has 0 aliphatic rings. The highest BCUT2D eigenvalue weighted by Crippen LogP contribution is 1.96. The SMILES string of the molecule is CC(C)CCNC(=O)CC(=O)O. The Morgan fingerprint density at radius 1 is 1.42 bits per heavy atom. The molecule has 0 aliphatic carbocycles. The van der Waals surface area contributed by atoms with Crippen LogP contribution in [-0.4, -0.2) is 23.5 Å². The molecule has 12 heavy (non-hydrogen) atoms. The molecule has 4 heteroatoms. The van der Waals surface area contributed by atoms with Gasteiger partial charge in [-0.3, -0.25) is 9.59 Å². The number of aliphatic carboxylic acids is 1. The fraction of sp³-hybridized carbons (Fsp3) is 0.750. The van der Waals surface area contributed by atoms with Crippen LogP contribution in [0.3, 0.4) is 0 Å². The maximum absolute atomic E-state index is 10.7. The van der Waals surface area contributed by atoms with Gasteiger partial charge in [0, 0.05) is 6.54 Å². The van der Waals surface area contributed by atoms with Gasteiger partial charge in [-0.1, -0.05) is 13.8 Å². The van der Waals surface area contributed by atoms with E-state index in [2.05, 4.69) is 5.32 Å². The van der Waals surface area contributed by atoms with E-state index in [1.165, 1.54) is 0 Å². The lowest BCUT2D eigenvalue weighted by atomic mass is 10.1. The average molecular weight is 173 g/mol. The van der Waals surface area contributed by atoms with E-state index in [-0.39, 0.29) is 0 Å². The van der Waals surface area contributed by atoms with Gasteiger partial charge in [0.25, 0.3) is 0 Å². The molecule has 0 fully saturated rings. The minimum atomic E-state index is -1.09. The summed E-state index contributed by atoms with van der Waals surface area (Å²) in [5.41, 5.74) is 0. The molecule has 1 amide bonds. The van der Waals surface area contributed by atoms with E-state index in [1.54, 1.807) is 0 Å². The molecule has 4 nitrogen and oxygen atoms in total. The van der Waals surface area contributed by atoms with Crippen LogP contribution in [0.4, 0.5) is 0 Å². The zero-order valence-corrected chi connectivity index (χ0v) is 7.46. The third kappa shape index (κ3) is 7.05. The quantitative estimate of drug-likeness (QED) is 0.599. The van der Waals surface area contributed by atoms with Gasteiger partial charge in [0.05, 0.1) is 0 Å². The Hall–Kier alpha value is -1.06. The lowest BCUT2D eigenvalue weighted by molar-refractivity contribution is -0.140. The van der Waals surface area contributed by atoms with Crippen LogP contribution in [0.15, 0.2) is 0 Å². The molecule has 0 rings (SSSR count). The Balaban J connectivity index is 3.38. The maximum Gasteiger partial charge on any atom is 0.312 e. The van der Waals surface area contributed by atoms with Gasteiger partial charge in [0.1, 0.15) is 6.42 Å². The van der Waals surface area contributed by atoms with Gasteiger partial charge < -0.3 is 10.4 Å². The Morgan fingerprint density at radius 2 is 2.00 bits per heavy atom. The van der Waals surface area contributed by atoms with E-state index < -0.39 is 18.3 Å². The molecule has 70 valence electrons. The van der Waals surface area contributed by atoms with Crippen LogP contribution in [0, 0.1) is 5.92 Å². The van der Waals surface area contributed by atoms with Crippen molar-refractivity contribution >= 4 is 11.9 Å². The summed E-state index contributed by atoms with van der Waals surface area (Å²) in [6.07, 6.45) is 0.448. The van der Waals surface area contributed by atoms with Crippen molar-refractivity contribution in [2.75, 3.05) is 6.54 Å². The van der Waals surface area contributed by atoms with Crippen molar-refractivity contribution in [3.05, 3.63) is 0 Å². The van der Waals surface area contributed by atoms with Gasteiger partial charge in [0.2, 0.25) is 5.91 Å². The number of hydrogen-bond donors (Lipinski definition) is 2. The number of carbonyl (C=O) groups is 2. The minimum Gasteiger partial charge on any atom is -0.481 e. The highest BCUT2D eigenvalue weighted by Gasteiger charge is 2.05. The fourth-order valence-corrected chi connectivity index (χ4v) is 0.700. The van der Waals surface area contributed by atoms with Gasteiger partial charge in [-0.05, 0) is 12.3 Å². The van der Waals surface area contributed by atoms with Crippen LogP contribution in [0.1, 0.15) is 26.7 Å². The van der Waals surface area contributed by atoms with Crippen molar-refractivity contribution in [1.82, 2.24) is 5.32 Å². The third-order valence-electron chi connectivity index (χ3n) is 1.36. The molecule has 0 radical (unpaired) electrons. The molecule has 0 aromatic rings. The number of rotatable bonds is 5. The molecule has 2 N–H and O–H groups in total. The Bertz CT molecular complexity index is 166. The predicted octanol–water partition coefficient (Wildman–Crippen LogP) is 0.623. The minimum absolute atomic E-state index is 0.414. The molecule has 0 unspecified atom stereocenters. The van der Waals surface area contributed by atoms with Crippen molar-refractivity contribution in [2.24, 2.45) is 5.92 Å². The molecule has 0 aliphatic heterocycles. The first-order valence-corrected chi connectivity index (χ1v) is 4.01. The predicted molar refractivity (Wildman–Crippen MR) is 44.7 cm³/mol. The number of amides is 1. The van der Waals surface area contributed by atoms with Crippen LogP contribution in [-0.2, 0) is 9.59 Å². The van der Waals surface area contributed by atoms with Crippen LogP contribution < -0.4 is 5.32 Å². The summed E-state index contributed by atoms with van der Waals surface area (Å²) in [5.74, 6) is -0.977. The van der Waals surface area contributed by atoms with Crippen molar-refractivity contribution in [3.63, 3.8) is 0 Å². The van der Waals surface area contributed by atoms with Crippen molar-refractivity contribution in [1.29, 1.82) is 0 Å². The summed E-state index contributed by atoms with van der Waals surface area (Å²) in [4.78, 5) is 20.8. The van der Waals surface area contributed by atoms with Gasteiger partial charge in [-0.15, -0.1) is 0 Å². The van der Waals surface area contributed by atoms with Crippen LogP contribution in [0.2, 0.25) is 0 Å². The molecule has 0 heterocycles. The van der Waals surface area contributed by atoms with E-state index in [9.17, 15) is 9.59 Å². The van der Waals surface area contributed by atoms with Crippen molar-refractivity contribution in [2.45, 2.75) is 26.7 Å². The fourth-order valence-electron chi connectivity index (χ4n) is 0.700. The van der Waals surface area contributed by atoms with Gasteiger partial charge in [-0.25, -0.2) is 0 Å². The lowest BCUT2D eigenvalue weighted by Crippen LogP contribution is -2.27. The number of carboxylic acids is 1. The number of carboxylic acid groups (broad SMARTS) is 1. The van der Waals surface area contributed by atoms with Crippen LogP contribution in [0.25, 0.3) is 0 Å².